The Morgan fingerprint density at radius 1 is 1.14 bits per heavy atom. The Hall–Kier alpha value is -2.71. The lowest BCUT2D eigenvalue weighted by atomic mass is 9.89. The molecule has 152 valence electrons. The first-order valence-corrected chi connectivity index (χ1v) is 11.4. The molecule has 1 aromatic heterocycles. The van der Waals surface area contributed by atoms with Crippen molar-refractivity contribution in [2.24, 2.45) is 11.1 Å². The van der Waals surface area contributed by atoms with Gasteiger partial charge in [0.1, 0.15) is 0 Å². The van der Waals surface area contributed by atoms with E-state index in [2.05, 4.69) is 15.5 Å². The normalized spacial score (nSPS) is 15.5. The molecule has 1 heterocycles. The molecule has 0 bridgehead atoms. The van der Waals surface area contributed by atoms with Crippen LogP contribution in [0.1, 0.15) is 42.5 Å². The molecule has 1 saturated carbocycles. The molecular formula is C21H24N4O3S. The molecule has 1 aliphatic carbocycles. The van der Waals surface area contributed by atoms with Gasteiger partial charge in [0.15, 0.2) is 0 Å². The Morgan fingerprint density at radius 3 is 2.69 bits per heavy atom. The van der Waals surface area contributed by atoms with Crippen LogP contribution < -0.4 is 10.5 Å². The number of H-pyrrole nitrogens is 1. The molecule has 0 atom stereocenters. The maximum atomic E-state index is 12.6. The summed E-state index contributed by atoms with van der Waals surface area (Å²) in [6.07, 6.45) is 6.11. The lowest BCUT2D eigenvalue weighted by Gasteiger charge is -2.21. The SMILES string of the molecule is NS(=O)(=O)c1cccc(-c2n[nH]c3ccc(C(=O)NCC4CCCCC4)cc23)c1. The zero-order valence-corrected chi connectivity index (χ0v) is 16.8. The molecule has 0 saturated heterocycles. The molecule has 0 spiro atoms. The van der Waals surface area contributed by atoms with Gasteiger partial charge in [0.2, 0.25) is 10.0 Å². The summed E-state index contributed by atoms with van der Waals surface area (Å²) in [7, 11) is -3.81. The van der Waals surface area contributed by atoms with E-state index >= 15 is 0 Å². The van der Waals surface area contributed by atoms with Gasteiger partial charge in [-0.05, 0) is 49.1 Å². The minimum absolute atomic E-state index is 0.0209. The second kappa shape index (κ2) is 7.96. The number of rotatable bonds is 5. The van der Waals surface area contributed by atoms with Crippen LogP contribution in [-0.2, 0) is 10.0 Å². The van der Waals surface area contributed by atoms with Crippen LogP contribution in [0.3, 0.4) is 0 Å². The van der Waals surface area contributed by atoms with E-state index in [-0.39, 0.29) is 10.8 Å². The van der Waals surface area contributed by atoms with Crippen molar-refractivity contribution in [3.05, 3.63) is 48.0 Å². The number of benzene rings is 2. The molecule has 4 rings (SSSR count). The monoisotopic (exact) mass is 412 g/mol. The molecule has 3 aromatic rings. The van der Waals surface area contributed by atoms with Gasteiger partial charge in [0.25, 0.3) is 5.91 Å². The third-order valence-electron chi connectivity index (χ3n) is 5.54. The maximum absolute atomic E-state index is 12.6. The van der Waals surface area contributed by atoms with E-state index in [1.807, 2.05) is 6.07 Å². The van der Waals surface area contributed by atoms with Gasteiger partial charge in [0.05, 0.1) is 16.1 Å². The van der Waals surface area contributed by atoms with Gasteiger partial charge in [-0.3, -0.25) is 9.89 Å². The highest BCUT2D eigenvalue weighted by Gasteiger charge is 2.17. The average molecular weight is 413 g/mol. The molecule has 1 fully saturated rings. The zero-order chi connectivity index (χ0) is 20.4. The van der Waals surface area contributed by atoms with Crippen LogP contribution in [0.5, 0.6) is 0 Å². The summed E-state index contributed by atoms with van der Waals surface area (Å²) in [5.74, 6) is 0.449. The van der Waals surface area contributed by atoms with Gasteiger partial charge in [0, 0.05) is 23.1 Å². The van der Waals surface area contributed by atoms with E-state index < -0.39 is 10.0 Å². The van der Waals surface area contributed by atoms with Crippen LogP contribution in [0.15, 0.2) is 47.4 Å². The van der Waals surface area contributed by atoms with Crippen LogP contribution in [0, 0.1) is 5.92 Å². The zero-order valence-electron chi connectivity index (χ0n) is 16.0. The number of nitrogens with zero attached hydrogens (tertiary/aromatic N) is 1. The Bertz CT molecular complexity index is 1150. The predicted octanol–water partition coefficient (Wildman–Crippen LogP) is 3.19. The van der Waals surface area contributed by atoms with Crippen LogP contribution in [-0.4, -0.2) is 31.1 Å². The van der Waals surface area contributed by atoms with Gasteiger partial charge in [-0.2, -0.15) is 5.10 Å². The van der Waals surface area contributed by atoms with Crippen LogP contribution >= 0.6 is 0 Å². The lowest BCUT2D eigenvalue weighted by Crippen LogP contribution is -2.30. The standard InChI is InChI=1S/C21H24N4O3S/c22-29(27,28)17-8-4-7-15(11-17)20-18-12-16(9-10-19(18)24-25-20)21(26)23-13-14-5-2-1-3-6-14/h4,7-12,14H,1-3,5-6,13H2,(H,23,26)(H,24,25)(H2,22,27,28). The second-order valence-corrected chi connectivity index (χ2v) is 9.18. The second-order valence-electron chi connectivity index (χ2n) is 7.62. The van der Waals surface area contributed by atoms with Gasteiger partial charge in [-0.15, -0.1) is 0 Å². The highest BCUT2D eigenvalue weighted by atomic mass is 32.2. The minimum atomic E-state index is -3.81. The first kappa shape index (κ1) is 19.6. The van der Waals surface area contributed by atoms with Crippen molar-refractivity contribution in [2.45, 2.75) is 37.0 Å². The molecular weight excluding hydrogens is 388 g/mol. The van der Waals surface area contributed by atoms with Crippen molar-refractivity contribution in [1.82, 2.24) is 15.5 Å². The molecule has 8 heteroatoms. The lowest BCUT2D eigenvalue weighted by molar-refractivity contribution is 0.0943. The van der Waals surface area contributed by atoms with Crippen molar-refractivity contribution in [1.29, 1.82) is 0 Å². The fraction of sp³-hybridized carbons (Fsp3) is 0.333. The first-order valence-electron chi connectivity index (χ1n) is 9.81. The van der Waals surface area contributed by atoms with E-state index in [9.17, 15) is 13.2 Å². The van der Waals surface area contributed by atoms with Gasteiger partial charge >= 0.3 is 0 Å². The molecule has 4 N–H and O–H groups in total. The number of hydrogen-bond donors (Lipinski definition) is 3. The number of aromatic nitrogens is 2. The van der Waals surface area contributed by atoms with Crippen molar-refractivity contribution >= 4 is 26.8 Å². The number of sulfonamides is 1. The number of carbonyl (C=O) groups is 1. The van der Waals surface area contributed by atoms with Crippen LogP contribution in [0.25, 0.3) is 22.2 Å². The number of fused-ring (bicyclic) bond motifs is 1. The number of primary sulfonamides is 1. The molecule has 0 radical (unpaired) electrons. The fourth-order valence-corrected chi connectivity index (χ4v) is 4.49. The highest BCUT2D eigenvalue weighted by Crippen LogP contribution is 2.28. The van der Waals surface area contributed by atoms with Gasteiger partial charge in [-0.1, -0.05) is 31.4 Å². The van der Waals surface area contributed by atoms with E-state index in [0.717, 1.165) is 10.9 Å². The third kappa shape index (κ3) is 4.33. The highest BCUT2D eigenvalue weighted by molar-refractivity contribution is 7.89. The van der Waals surface area contributed by atoms with Crippen molar-refractivity contribution in [3.63, 3.8) is 0 Å². The first-order chi connectivity index (χ1) is 13.9. The number of nitrogens with one attached hydrogen (secondary N) is 2. The number of hydrogen-bond acceptors (Lipinski definition) is 4. The Balaban J connectivity index is 1.60. The molecule has 1 aliphatic rings. The summed E-state index contributed by atoms with van der Waals surface area (Å²) in [4.78, 5) is 12.7. The minimum Gasteiger partial charge on any atom is -0.352 e. The summed E-state index contributed by atoms with van der Waals surface area (Å²) in [6.45, 7) is 0.700. The Morgan fingerprint density at radius 2 is 1.93 bits per heavy atom. The average Bonchev–Trinajstić information content (AvgIpc) is 3.15. The molecule has 2 aromatic carbocycles. The largest absolute Gasteiger partial charge is 0.352 e. The quantitative estimate of drug-likeness (QED) is 0.596. The van der Waals surface area contributed by atoms with Crippen LogP contribution in [0.2, 0.25) is 0 Å². The summed E-state index contributed by atoms with van der Waals surface area (Å²) in [5, 5.41) is 16.3. The summed E-state index contributed by atoms with van der Waals surface area (Å²) in [6, 6.07) is 11.7. The molecule has 0 aliphatic heterocycles. The third-order valence-corrected chi connectivity index (χ3v) is 6.45. The number of nitrogens with two attached hydrogens (primary N) is 1. The Kier molecular flexibility index (Phi) is 5.38. The van der Waals surface area contributed by atoms with Gasteiger partial charge in [-0.25, -0.2) is 13.6 Å². The van der Waals surface area contributed by atoms with E-state index in [1.165, 1.54) is 44.2 Å². The van der Waals surface area contributed by atoms with Gasteiger partial charge < -0.3 is 5.32 Å². The van der Waals surface area contributed by atoms with Crippen LogP contribution in [0.4, 0.5) is 0 Å². The maximum Gasteiger partial charge on any atom is 0.251 e. The van der Waals surface area contributed by atoms with Crippen molar-refractivity contribution < 1.29 is 13.2 Å². The fourth-order valence-electron chi connectivity index (χ4n) is 3.93. The van der Waals surface area contributed by atoms with E-state index in [4.69, 9.17) is 5.14 Å². The molecule has 0 unspecified atom stereocenters. The van der Waals surface area contributed by atoms with E-state index in [1.54, 1.807) is 24.3 Å². The molecule has 29 heavy (non-hydrogen) atoms. The molecule has 7 nitrogen and oxygen atoms in total. The molecule has 1 amide bonds. The van der Waals surface area contributed by atoms with Crippen molar-refractivity contribution in [3.8, 4) is 11.3 Å². The predicted molar refractivity (Wildman–Crippen MR) is 112 cm³/mol. The topological polar surface area (TPSA) is 118 Å². The summed E-state index contributed by atoms with van der Waals surface area (Å²) >= 11 is 0. The number of amides is 1. The smallest absolute Gasteiger partial charge is 0.251 e. The number of aromatic amines is 1. The summed E-state index contributed by atoms with van der Waals surface area (Å²) < 4.78 is 23.3. The summed E-state index contributed by atoms with van der Waals surface area (Å²) in [5.41, 5.74) is 2.51. The Labute approximate surface area is 169 Å². The van der Waals surface area contributed by atoms with E-state index in [0.29, 0.717) is 29.3 Å². The van der Waals surface area contributed by atoms with Crippen molar-refractivity contribution in [2.75, 3.05) is 6.54 Å². The number of carbonyl (C=O) groups excluding carboxylic acids is 1.